The van der Waals surface area contributed by atoms with Crippen LogP contribution in [0.5, 0.6) is 0 Å². The van der Waals surface area contributed by atoms with Crippen LogP contribution in [0.2, 0.25) is 0 Å². The molecule has 1 heterocycles. The fraction of sp³-hybridized carbons (Fsp3) is 0.211. The Morgan fingerprint density at radius 2 is 1.86 bits per heavy atom. The predicted octanol–water partition coefficient (Wildman–Crippen LogP) is 3.12. The van der Waals surface area contributed by atoms with Crippen LogP contribution in [-0.2, 0) is 0 Å². The lowest BCUT2D eigenvalue weighted by molar-refractivity contribution is 0.742. The lowest BCUT2D eigenvalue weighted by Crippen LogP contribution is -2.37. The maximum absolute atomic E-state index is 4.50. The molecule has 2 aromatic carbocycles. The first-order chi connectivity index (χ1) is 10.8. The van der Waals surface area contributed by atoms with E-state index in [1.54, 1.807) is 0 Å². The summed E-state index contributed by atoms with van der Waals surface area (Å²) in [6.07, 6.45) is 4.42. The molecule has 110 valence electrons. The van der Waals surface area contributed by atoms with Crippen LogP contribution in [-0.4, -0.2) is 19.0 Å². The van der Waals surface area contributed by atoms with Gasteiger partial charge in [-0.25, -0.2) is 0 Å². The Morgan fingerprint density at radius 1 is 1.05 bits per heavy atom. The Kier molecular flexibility index (Phi) is 3.19. The maximum atomic E-state index is 4.50. The lowest BCUT2D eigenvalue weighted by atomic mass is 9.93. The van der Waals surface area contributed by atoms with E-state index in [2.05, 4.69) is 77.2 Å². The van der Waals surface area contributed by atoms with Crippen molar-refractivity contribution in [3.05, 3.63) is 70.3 Å². The molecule has 1 atom stereocenters. The number of hydrogen-bond acceptors (Lipinski definition) is 3. The zero-order valence-electron chi connectivity index (χ0n) is 12.6. The Balaban J connectivity index is 1.85. The number of nitrogens with zero attached hydrogens (tertiary/aromatic N) is 1. The van der Waals surface area contributed by atoms with Gasteiger partial charge in [-0.2, -0.15) is 0 Å². The highest BCUT2D eigenvalue weighted by atomic mass is 15.2. The molecule has 2 N–H and O–H groups in total. The largest absolute Gasteiger partial charge is 0.355 e. The molecule has 0 bridgehead atoms. The number of rotatable bonds is 1. The maximum Gasteiger partial charge on any atom is 0.192 e. The molecule has 22 heavy (non-hydrogen) atoms. The van der Waals surface area contributed by atoms with E-state index in [-0.39, 0.29) is 6.04 Å². The Morgan fingerprint density at radius 3 is 2.73 bits per heavy atom. The van der Waals surface area contributed by atoms with E-state index in [1.165, 1.54) is 27.8 Å². The van der Waals surface area contributed by atoms with Gasteiger partial charge in [-0.1, -0.05) is 60.2 Å². The number of nitrogens with one attached hydrogen (secondary N) is 2. The topological polar surface area (TPSA) is 36.4 Å². The van der Waals surface area contributed by atoms with Gasteiger partial charge >= 0.3 is 0 Å². The van der Waals surface area contributed by atoms with Crippen molar-refractivity contribution in [1.82, 2.24) is 10.6 Å². The van der Waals surface area contributed by atoms with Crippen LogP contribution in [0.4, 0.5) is 0 Å². The summed E-state index contributed by atoms with van der Waals surface area (Å²) in [5.41, 5.74) is 6.39. The molecular weight excluding hydrogens is 270 g/mol. The number of aryl methyl sites for hydroxylation is 1. The van der Waals surface area contributed by atoms with E-state index < -0.39 is 0 Å². The molecule has 3 heteroatoms. The van der Waals surface area contributed by atoms with Crippen LogP contribution in [0.1, 0.15) is 33.9 Å². The second kappa shape index (κ2) is 5.34. The van der Waals surface area contributed by atoms with Crippen LogP contribution in [0, 0.1) is 6.92 Å². The highest BCUT2D eigenvalue weighted by molar-refractivity contribution is 5.84. The molecule has 1 aliphatic heterocycles. The highest BCUT2D eigenvalue weighted by Crippen LogP contribution is 2.33. The number of benzene rings is 2. The quantitative estimate of drug-likeness (QED) is 0.846. The number of hydrogen-bond donors (Lipinski definition) is 2. The van der Waals surface area contributed by atoms with Crippen LogP contribution < -0.4 is 10.6 Å². The van der Waals surface area contributed by atoms with Gasteiger partial charge in [-0.05, 0) is 29.2 Å². The standard InChI is InChI=1S/C19H19N3/c1-13-6-9-17-15(12-13)8-7-14-4-2-3-5-16(14)18(17)22-19-20-10-11-21-19/h2-9,12,18H,10-11H2,1H3,(H2,20,21,22). The van der Waals surface area contributed by atoms with Crippen molar-refractivity contribution in [3.8, 4) is 0 Å². The summed E-state index contributed by atoms with van der Waals surface area (Å²) in [7, 11) is 0. The molecule has 0 saturated carbocycles. The fourth-order valence-corrected chi connectivity index (χ4v) is 3.16. The van der Waals surface area contributed by atoms with Crippen molar-refractivity contribution >= 4 is 18.1 Å². The Labute approximate surface area is 130 Å². The van der Waals surface area contributed by atoms with Crippen molar-refractivity contribution < 1.29 is 0 Å². The van der Waals surface area contributed by atoms with Gasteiger partial charge in [-0.15, -0.1) is 0 Å². The molecular formula is C19H19N3. The average Bonchev–Trinajstić information content (AvgIpc) is 2.99. The fourth-order valence-electron chi connectivity index (χ4n) is 3.16. The molecule has 2 aromatic rings. The van der Waals surface area contributed by atoms with E-state index >= 15 is 0 Å². The molecule has 3 nitrogen and oxygen atoms in total. The van der Waals surface area contributed by atoms with E-state index in [9.17, 15) is 0 Å². The first-order valence-electron chi connectivity index (χ1n) is 7.74. The van der Waals surface area contributed by atoms with E-state index in [4.69, 9.17) is 0 Å². The van der Waals surface area contributed by atoms with Crippen LogP contribution >= 0.6 is 0 Å². The molecule has 0 aromatic heterocycles. The number of aliphatic imine (C=N–C) groups is 1. The second-order valence-corrected chi connectivity index (χ2v) is 5.83. The van der Waals surface area contributed by atoms with Gasteiger partial charge in [-0.3, -0.25) is 4.99 Å². The Bertz CT molecular complexity index is 774. The van der Waals surface area contributed by atoms with Crippen molar-refractivity contribution in [2.24, 2.45) is 4.99 Å². The molecule has 0 saturated heterocycles. The zero-order chi connectivity index (χ0) is 14.9. The SMILES string of the molecule is Cc1ccc2c(c1)C=Cc1ccccc1C2NC1=NCCN1. The van der Waals surface area contributed by atoms with Crippen LogP contribution in [0.3, 0.4) is 0 Å². The van der Waals surface area contributed by atoms with Crippen molar-refractivity contribution in [3.63, 3.8) is 0 Å². The van der Waals surface area contributed by atoms with E-state index in [1.807, 2.05) is 0 Å². The normalized spacial score (nSPS) is 18.8. The summed E-state index contributed by atoms with van der Waals surface area (Å²) < 4.78 is 0. The van der Waals surface area contributed by atoms with Crippen molar-refractivity contribution in [1.29, 1.82) is 0 Å². The number of guanidine groups is 1. The van der Waals surface area contributed by atoms with E-state index in [0.717, 1.165) is 19.0 Å². The average molecular weight is 289 g/mol. The predicted molar refractivity (Wildman–Crippen MR) is 91.8 cm³/mol. The molecule has 0 radical (unpaired) electrons. The minimum absolute atomic E-state index is 0.117. The minimum Gasteiger partial charge on any atom is -0.355 e. The smallest absolute Gasteiger partial charge is 0.192 e. The monoisotopic (exact) mass is 289 g/mol. The highest BCUT2D eigenvalue weighted by Gasteiger charge is 2.23. The van der Waals surface area contributed by atoms with Gasteiger partial charge in [0, 0.05) is 6.54 Å². The number of fused-ring (bicyclic) bond motifs is 2. The van der Waals surface area contributed by atoms with E-state index in [0.29, 0.717) is 0 Å². The molecule has 2 aliphatic rings. The van der Waals surface area contributed by atoms with Crippen LogP contribution in [0.15, 0.2) is 47.5 Å². The zero-order valence-corrected chi connectivity index (χ0v) is 12.6. The summed E-state index contributed by atoms with van der Waals surface area (Å²) in [5.74, 6) is 0.897. The lowest BCUT2D eigenvalue weighted by Gasteiger charge is -2.23. The molecule has 1 aliphatic carbocycles. The minimum atomic E-state index is 0.117. The van der Waals surface area contributed by atoms with Crippen molar-refractivity contribution in [2.45, 2.75) is 13.0 Å². The van der Waals surface area contributed by atoms with Crippen molar-refractivity contribution in [2.75, 3.05) is 13.1 Å². The first kappa shape index (κ1) is 13.1. The Hall–Kier alpha value is -2.55. The summed E-state index contributed by atoms with van der Waals surface area (Å²) in [6.45, 7) is 3.89. The van der Waals surface area contributed by atoms with Gasteiger partial charge < -0.3 is 10.6 Å². The third kappa shape index (κ3) is 2.29. The molecule has 0 fully saturated rings. The summed E-state index contributed by atoms with van der Waals surface area (Å²) in [5, 5.41) is 6.90. The van der Waals surface area contributed by atoms with Gasteiger partial charge in [0.15, 0.2) is 5.96 Å². The van der Waals surface area contributed by atoms with Gasteiger partial charge in [0.1, 0.15) is 0 Å². The molecule has 1 unspecified atom stereocenters. The van der Waals surface area contributed by atoms with Gasteiger partial charge in [0.25, 0.3) is 0 Å². The summed E-state index contributed by atoms with van der Waals surface area (Å²) >= 11 is 0. The van der Waals surface area contributed by atoms with Gasteiger partial charge in [0.05, 0.1) is 12.6 Å². The summed E-state index contributed by atoms with van der Waals surface area (Å²) in [4.78, 5) is 4.50. The second-order valence-electron chi connectivity index (χ2n) is 5.83. The van der Waals surface area contributed by atoms with Crippen LogP contribution in [0.25, 0.3) is 12.2 Å². The molecule has 4 rings (SSSR count). The summed E-state index contributed by atoms with van der Waals surface area (Å²) in [6, 6.07) is 15.3. The third-order valence-corrected chi connectivity index (χ3v) is 4.26. The third-order valence-electron chi connectivity index (χ3n) is 4.26. The van der Waals surface area contributed by atoms with Gasteiger partial charge in [0.2, 0.25) is 0 Å². The molecule has 0 spiro atoms. The first-order valence-corrected chi connectivity index (χ1v) is 7.74. The molecule has 0 amide bonds.